The second-order valence-corrected chi connectivity index (χ2v) is 5.25. The minimum Gasteiger partial charge on any atom is -0.379 e. The summed E-state index contributed by atoms with van der Waals surface area (Å²) in [5.41, 5.74) is -0.154. The molecule has 98 valence electrons. The van der Waals surface area contributed by atoms with Gasteiger partial charge in [0.2, 0.25) is 0 Å². The van der Waals surface area contributed by atoms with Gasteiger partial charge in [0.05, 0.1) is 5.69 Å². The van der Waals surface area contributed by atoms with Gasteiger partial charge in [0.1, 0.15) is 5.60 Å². The summed E-state index contributed by atoms with van der Waals surface area (Å²) < 4.78 is 0. The van der Waals surface area contributed by atoms with Gasteiger partial charge in [0, 0.05) is 6.20 Å². The first-order chi connectivity index (χ1) is 8.74. The van der Waals surface area contributed by atoms with Gasteiger partial charge in [-0.25, -0.2) is 0 Å². The van der Waals surface area contributed by atoms with Gasteiger partial charge in [-0.15, -0.1) is 0 Å². The van der Waals surface area contributed by atoms with Crippen LogP contribution in [0.3, 0.4) is 0 Å². The van der Waals surface area contributed by atoms with E-state index >= 15 is 0 Å². The van der Waals surface area contributed by atoms with Crippen LogP contribution in [0.5, 0.6) is 0 Å². The summed E-state index contributed by atoms with van der Waals surface area (Å²) in [5.74, 6) is 0.639. The van der Waals surface area contributed by atoms with Crippen molar-refractivity contribution in [1.29, 1.82) is 0 Å². The second kappa shape index (κ2) is 6.14. The lowest BCUT2D eigenvalue weighted by Crippen LogP contribution is -2.23. The van der Waals surface area contributed by atoms with E-state index in [1.165, 1.54) is 32.1 Å². The zero-order chi connectivity index (χ0) is 12.8. The molecule has 2 nitrogen and oxygen atoms in total. The van der Waals surface area contributed by atoms with Crippen LogP contribution < -0.4 is 0 Å². The molecule has 18 heavy (non-hydrogen) atoms. The van der Waals surface area contributed by atoms with Gasteiger partial charge in [-0.2, -0.15) is 0 Å². The topological polar surface area (TPSA) is 33.1 Å². The number of rotatable bonds is 4. The molecule has 1 aromatic rings. The zero-order valence-corrected chi connectivity index (χ0v) is 11.2. The molecule has 1 aromatic heterocycles. The molecule has 2 rings (SSSR count). The van der Waals surface area contributed by atoms with Crippen LogP contribution in [0.25, 0.3) is 0 Å². The maximum atomic E-state index is 10.7. The molecule has 1 aliphatic carbocycles. The number of aliphatic hydroxyl groups is 1. The Balaban J connectivity index is 2.10. The van der Waals surface area contributed by atoms with Crippen LogP contribution in [0.1, 0.15) is 51.1 Å². The van der Waals surface area contributed by atoms with Crippen LogP contribution in [0, 0.1) is 5.92 Å². The molecule has 0 aliphatic heterocycles. The second-order valence-electron chi connectivity index (χ2n) is 5.25. The number of aromatic nitrogens is 1. The van der Waals surface area contributed by atoms with Crippen LogP contribution in [0.15, 0.2) is 36.5 Å². The summed E-state index contributed by atoms with van der Waals surface area (Å²) in [6.07, 6.45) is 13.1. The van der Waals surface area contributed by atoms with E-state index in [-0.39, 0.29) is 0 Å². The monoisotopic (exact) mass is 245 g/mol. The van der Waals surface area contributed by atoms with Gasteiger partial charge in [-0.05, 0) is 37.3 Å². The van der Waals surface area contributed by atoms with Crippen molar-refractivity contribution in [2.24, 2.45) is 5.92 Å². The van der Waals surface area contributed by atoms with E-state index in [0.717, 1.165) is 5.69 Å². The van der Waals surface area contributed by atoms with Gasteiger partial charge in [-0.1, -0.05) is 44.4 Å². The molecule has 0 amide bonds. The molecule has 1 aliphatic rings. The van der Waals surface area contributed by atoms with Crippen LogP contribution in [0.2, 0.25) is 0 Å². The Bertz CT molecular complexity index is 381. The highest BCUT2D eigenvalue weighted by molar-refractivity contribution is 5.20. The lowest BCUT2D eigenvalue weighted by molar-refractivity contribution is 0.0797. The predicted molar refractivity (Wildman–Crippen MR) is 74.1 cm³/mol. The van der Waals surface area contributed by atoms with E-state index in [9.17, 15) is 5.11 Å². The Kier molecular flexibility index (Phi) is 4.54. The van der Waals surface area contributed by atoms with Crippen molar-refractivity contribution in [3.63, 3.8) is 0 Å². The van der Waals surface area contributed by atoms with Gasteiger partial charge < -0.3 is 5.11 Å². The number of allylic oxidation sites excluding steroid dienone is 1. The molecule has 0 spiro atoms. The maximum Gasteiger partial charge on any atom is 0.124 e. The van der Waals surface area contributed by atoms with E-state index in [1.54, 1.807) is 6.20 Å². The normalized spacial score (nSPS) is 21.0. The van der Waals surface area contributed by atoms with E-state index in [1.807, 2.05) is 31.2 Å². The summed E-state index contributed by atoms with van der Waals surface area (Å²) in [7, 11) is 0. The van der Waals surface area contributed by atoms with Crippen molar-refractivity contribution in [3.8, 4) is 0 Å². The van der Waals surface area contributed by atoms with Crippen molar-refractivity contribution < 1.29 is 5.11 Å². The third-order valence-electron chi connectivity index (χ3n) is 3.94. The lowest BCUT2D eigenvalue weighted by atomic mass is 9.86. The first-order valence-electron chi connectivity index (χ1n) is 7.08. The van der Waals surface area contributed by atoms with Gasteiger partial charge in [0.25, 0.3) is 0 Å². The number of hydrogen-bond acceptors (Lipinski definition) is 2. The van der Waals surface area contributed by atoms with E-state index < -0.39 is 5.60 Å². The Morgan fingerprint density at radius 2 is 2.11 bits per heavy atom. The minimum atomic E-state index is -0.904. The molecule has 2 heteroatoms. The summed E-state index contributed by atoms with van der Waals surface area (Å²) in [6, 6.07) is 5.70. The highest BCUT2D eigenvalue weighted by Gasteiger charge is 2.25. The van der Waals surface area contributed by atoms with E-state index in [4.69, 9.17) is 0 Å². The fourth-order valence-corrected chi connectivity index (χ4v) is 2.63. The van der Waals surface area contributed by atoms with Crippen LogP contribution >= 0.6 is 0 Å². The van der Waals surface area contributed by atoms with Gasteiger partial charge >= 0.3 is 0 Å². The molecule has 0 aromatic carbocycles. The molecule has 0 saturated heterocycles. The molecule has 1 fully saturated rings. The summed E-state index contributed by atoms with van der Waals surface area (Å²) >= 11 is 0. The fourth-order valence-electron chi connectivity index (χ4n) is 2.63. The van der Waals surface area contributed by atoms with Crippen molar-refractivity contribution in [1.82, 2.24) is 4.98 Å². The Morgan fingerprint density at radius 1 is 1.33 bits per heavy atom. The van der Waals surface area contributed by atoms with Gasteiger partial charge in [0.15, 0.2) is 0 Å². The van der Waals surface area contributed by atoms with Crippen molar-refractivity contribution in [2.45, 2.75) is 51.0 Å². The Labute approximate surface area is 110 Å². The average molecular weight is 245 g/mol. The van der Waals surface area contributed by atoms with Crippen LogP contribution in [-0.2, 0) is 5.60 Å². The summed E-state index contributed by atoms with van der Waals surface area (Å²) in [6.45, 7) is 2.00. The molecule has 1 heterocycles. The molecule has 0 bridgehead atoms. The first-order valence-corrected chi connectivity index (χ1v) is 7.08. The molecule has 1 saturated carbocycles. The fraction of sp³-hybridized carbons (Fsp3) is 0.562. The van der Waals surface area contributed by atoms with E-state index in [2.05, 4.69) is 11.1 Å². The lowest BCUT2D eigenvalue weighted by Gasteiger charge is -2.24. The highest BCUT2D eigenvalue weighted by Crippen LogP contribution is 2.29. The molecule has 1 unspecified atom stereocenters. The molecule has 1 atom stereocenters. The largest absolute Gasteiger partial charge is 0.379 e. The molecular weight excluding hydrogens is 222 g/mol. The quantitative estimate of drug-likeness (QED) is 0.818. The highest BCUT2D eigenvalue weighted by atomic mass is 16.3. The Morgan fingerprint density at radius 3 is 2.72 bits per heavy atom. The number of pyridine rings is 1. The van der Waals surface area contributed by atoms with Crippen molar-refractivity contribution in [3.05, 3.63) is 42.2 Å². The predicted octanol–water partition coefficient (Wildman–Crippen LogP) is 3.82. The zero-order valence-electron chi connectivity index (χ0n) is 11.2. The minimum absolute atomic E-state index is 0.639. The van der Waals surface area contributed by atoms with Crippen molar-refractivity contribution in [2.75, 3.05) is 0 Å². The Hall–Kier alpha value is -1.15. The molecule has 1 N–H and O–H groups in total. The third kappa shape index (κ3) is 3.20. The average Bonchev–Trinajstić information content (AvgIpc) is 2.47. The van der Waals surface area contributed by atoms with Gasteiger partial charge in [-0.3, -0.25) is 4.98 Å². The van der Waals surface area contributed by atoms with Crippen LogP contribution in [0.4, 0.5) is 0 Å². The van der Waals surface area contributed by atoms with Crippen LogP contribution in [-0.4, -0.2) is 10.1 Å². The number of hydrogen-bond donors (Lipinski definition) is 1. The molecular formula is C16H23NO. The SMILES string of the molecule is CCC(O)(C=CC1CCCCC1)c1ccccn1. The standard InChI is InChI=1S/C16H23NO/c1-2-16(18,15-10-6-7-13-17-15)12-11-14-8-4-3-5-9-14/h6-7,10-14,18H,2-5,8-9H2,1H3. The third-order valence-corrected chi connectivity index (χ3v) is 3.94. The van der Waals surface area contributed by atoms with Crippen molar-refractivity contribution >= 4 is 0 Å². The molecule has 0 radical (unpaired) electrons. The first kappa shape index (κ1) is 13.3. The smallest absolute Gasteiger partial charge is 0.124 e. The number of nitrogens with zero attached hydrogens (tertiary/aromatic N) is 1. The summed E-state index contributed by atoms with van der Waals surface area (Å²) in [4.78, 5) is 4.28. The maximum absolute atomic E-state index is 10.7. The summed E-state index contributed by atoms with van der Waals surface area (Å²) in [5, 5.41) is 10.7. The van der Waals surface area contributed by atoms with E-state index in [0.29, 0.717) is 12.3 Å².